The number of aromatic nitrogens is 1. The number of halogens is 1. The van der Waals surface area contributed by atoms with Crippen molar-refractivity contribution >= 4 is 23.2 Å². The number of hydrogen-bond acceptors (Lipinski definition) is 1. The van der Waals surface area contributed by atoms with Crippen LogP contribution < -0.4 is 4.90 Å². The number of hydrogen-bond donors (Lipinski definition) is 0. The zero-order valence-electron chi connectivity index (χ0n) is 11.4. The second kappa shape index (κ2) is 5.49. The highest BCUT2D eigenvalue weighted by Gasteiger charge is 2.17. The summed E-state index contributed by atoms with van der Waals surface area (Å²) in [5.41, 5.74) is 2.88. The number of nitrogens with zero attached hydrogens (tertiary/aromatic N) is 2. The molecule has 1 aromatic carbocycles. The number of amides is 1. The van der Waals surface area contributed by atoms with Crippen LogP contribution in [0.3, 0.4) is 0 Å². The first kappa shape index (κ1) is 13.7. The van der Waals surface area contributed by atoms with Gasteiger partial charge in [0.05, 0.1) is 5.69 Å². The molecule has 0 radical (unpaired) electrons. The SMILES string of the molecule is CC(=O)N(Cn1cccc1)c1c(C)ccc(Cl)c1C. The monoisotopic (exact) mass is 276 g/mol. The Morgan fingerprint density at radius 1 is 1.26 bits per heavy atom. The molecule has 3 nitrogen and oxygen atoms in total. The predicted molar refractivity (Wildman–Crippen MR) is 78.5 cm³/mol. The van der Waals surface area contributed by atoms with Crippen molar-refractivity contribution in [2.24, 2.45) is 0 Å². The van der Waals surface area contributed by atoms with E-state index in [1.54, 1.807) is 11.8 Å². The second-order valence-corrected chi connectivity index (χ2v) is 5.03. The summed E-state index contributed by atoms with van der Waals surface area (Å²) in [7, 11) is 0. The van der Waals surface area contributed by atoms with E-state index in [9.17, 15) is 4.79 Å². The minimum absolute atomic E-state index is 0.00201. The first-order valence-corrected chi connectivity index (χ1v) is 6.53. The van der Waals surface area contributed by atoms with Gasteiger partial charge < -0.3 is 4.57 Å². The Hall–Kier alpha value is -1.74. The van der Waals surface area contributed by atoms with Crippen LogP contribution in [0.2, 0.25) is 5.02 Å². The molecular formula is C15H17ClN2O. The fraction of sp³-hybridized carbons (Fsp3) is 0.267. The molecule has 0 aliphatic heterocycles. The average Bonchev–Trinajstić information content (AvgIpc) is 2.86. The third-order valence-electron chi connectivity index (χ3n) is 3.19. The Kier molecular flexibility index (Phi) is 3.96. The summed E-state index contributed by atoms with van der Waals surface area (Å²) in [4.78, 5) is 13.7. The fourth-order valence-corrected chi connectivity index (χ4v) is 2.33. The normalized spacial score (nSPS) is 10.5. The van der Waals surface area contributed by atoms with E-state index in [0.717, 1.165) is 16.8 Å². The van der Waals surface area contributed by atoms with Crippen LogP contribution in [0.25, 0.3) is 0 Å². The van der Waals surface area contributed by atoms with Gasteiger partial charge in [0.25, 0.3) is 0 Å². The van der Waals surface area contributed by atoms with Crippen LogP contribution in [-0.2, 0) is 11.5 Å². The van der Waals surface area contributed by atoms with Gasteiger partial charge >= 0.3 is 0 Å². The quantitative estimate of drug-likeness (QED) is 0.838. The average molecular weight is 277 g/mol. The molecule has 0 bridgehead atoms. The van der Waals surface area contributed by atoms with Gasteiger partial charge in [-0.05, 0) is 43.2 Å². The van der Waals surface area contributed by atoms with Crippen LogP contribution in [0.15, 0.2) is 36.7 Å². The van der Waals surface area contributed by atoms with Gasteiger partial charge in [0.2, 0.25) is 5.91 Å². The van der Waals surface area contributed by atoms with Gasteiger partial charge in [-0.1, -0.05) is 17.7 Å². The van der Waals surface area contributed by atoms with Gasteiger partial charge in [-0.3, -0.25) is 9.69 Å². The van der Waals surface area contributed by atoms with Crippen molar-refractivity contribution in [3.63, 3.8) is 0 Å². The minimum Gasteiger partial charge on any atom is -0.336 e. The smallest absolute Gasteiger partial charge is 0.225 e. The van der Waals surface area contributed by atoms with E-state index in [-0.39, 0.29) is 5.91 Å². The Balaban J connectivity index is 2.45. The van der Waals surface area contributed by atoms with E-state index in [1.807, 2.05) is 55.1 Å². The second-order valence-electron chi connectivity index (χ2n) is 4.62. The molecular weight excluding hydrogens is 260 g/mol. The highest BCUT2D eigenvalue weighted by molar-refractivity contribution is 6.31. The van der Waals surface area contributed by atoms with Crippen LogP contribution in [-0.4, -0.2) is 10.5 Å². The lowest BCUT2D eigenvalue weighted by atomic mass is 10.1. The first-order chi connectivity index (χ1) is 9.00. The van der Waals surface area contributed by atoms with Crippen LogP contribution in [0.5, 0.6) is 0 Å². The molecule has 1 amide bonds. The molecule has 0 aliphatic carbocycles. The number of aryl methyl sites for hydroxylation is 1. The Morgan fingerprint density at radius 2 is 1.89 bits per heavy atom. The van der Waals surface area contributed by atoms with E-state index in [0.29, 0.717) is 11.7 Å². The van der Waals surface area contributed by atoms with E-state index < -0.39 is 0 Å². The molecule has 0 N–H and O–H groups in total. The molecule has 0 saturated carbocycles. The van der Waals surface area contributed by atoms with Crippen molar-refractivity contribution < 1.29 is 4.79 Å². The van der Waals surface area contributed by atoms with E-state index in [2.05, 4.69) is 0 Å². The van der Waals surface area contributed by atoms with Crippen molar-refractivity contribution in [2.75, 3.05) is 4.90 Å². The van der Waals surface area contributed by atoms with Gasteiger partial charge in [-0.25, -0.2) is 0 Å². The first-order valence-electron chi connectivity index (χ1n) is 6.15. The highest BCUT2D eigenvalue weighted by Crippen LogP contribution is 2.30. The van der Waals surface area contributed by atoms with E-state index >= 15 is 0 Å². The zero-order chi connectivity index (χ0) is 14.0. The molecule has 1 aromatic heterocycles. The lowest BCUT2D eigenvalue weighted by Gasteiger charge is -2.26. The topological polar surface area (TPSA) is 25.2 Å². The highest BCUT2D eigenvalue weighted by atomic mass is 35.5. The van der Waals surface area contributed by atoms with Crippen LogP contribution >= 0.6 is 11.6 Å². The molecule has 0 aliphatic rings. The summed E-state index contributed by atoms with van der Waals surface area (Å²) in [5.74, 6) is 0.00201. The number of anilines is 1. The molecule has 4 heteroatoms. The Bertz CT molecular complexity index is 590. The van der Waals surface area contributed by atoms with Crippen LogP contribution in [0.1, 0.15) is 18.1 Å². The molecule has 1 heterocycles. The lowest BCUT2D eigenvalue weighted by Crippen LogP contribution is -2.31. The van der Waals surface area contributed by atoms with Gasteiger partial charge in [0.15, 0.2) is 0 Å². The molecule has 0 unspecified atom stereocenters. The van der Waals surface area contributed by atoms with Gasteiger partial charge in [-0.15, -0.1) is 0 Å². The van der Waals surface area contributed by atoms with Crippen molar-refractivity contribution in [1.82, 2.24) is 4.57 Å². The van der Waals surface area contributed by atoms with Crippen molar-refractivity contribution in [3.8, 4) is 0 Å². The lowest BCUT2D eigenvalue weighted by molar-refractivity contribution is -0.116. The van der Waals surface area contributed by atoms with Crippen LogP contribution in [0, 0.1) is 13.8 Å². The van der Waals surface area contributed by atoms with E-state index in [4.69, 9.17) is 11.6 Å². The number of benzene rings is 1. The van der Waals surface area contributed by atoms with E-state index in [1.165, 1.54) is 0 Å². The summed E-state index contributed by atoms with van der Waals surface area (Å²) >= 11 is 6.17. The maximum Gasteiger partial charge on any atom is 0.225 e. The molecule has 0 spiro atoms. The van der Waals surface area contributed by atoms with Crippen molar-refractivity contribution in [2.45, 2.75) is 27.4 Å². The summed E-state index contributed by atoms with van der Waals surface area (Å²) in [6, 6.07) is 7.69. The summed E-state index contributed by atoms with van der Waals surface area (Å²) in [6.45, 7) is 5.99. The van der Waals surface area contributed by atoms with Crippen molar-refractivity contribution in [3.05, 3.63) is 52.8 Å². The summed E-state index contributed by atoms with van der Waals surface area (Å²) in [6.07, 6.45) is 3.87. The fourth-order valence-electron chi connectivity index (χ4n) is 2.18. The predicted octanol–water partition coefficient (Wildman–Crippen LogP) is 3.77. The van der Waals surface area contributed by atoms with Gasteiger partial charge in [-0.2, -0.15) is 0 Å². The Labute approximate surface area is 118 Å². The maximum absolute atomic E-state index is 12.0. The standard InChI is InChI=1S/C15H17ClN2O/c1-11-6-7-14(16)12(2)15(11)18(13(3)19)10-17-8-4-5-9-17/h4-9H,10H2,1-3H3. The third-order valence-corrected chi connectivity index (χ3v) is 3.60. The third kappa shape index (κ3) is 2.82. The number of carbonyl (C=O) groups is 1. The maximum atomic E-state index is 12.0. The molecule has 100 valence electrons. The van der Waals surface area contributed by atoms with Gasteiger partial charge in [0, 0.05) is 24.3 Å². The van der Waals surface area contributed by atoms with Gasteiger partial charge in [0.1, 0.15) is 6.67 Å². The van der Waals surface area contributed by atoms with Crippen molar-refractivity contribution in [1.29, 1.82) is 0 Å². The molecule has 0 fully saturated rings. The summed E-state index contributed by atoms with van der Waals surface area (Å²) < 4.78 is 1.96. The van der Waals surface area contributed by atoms with Crippen LogP contribution in [0.4, 0.5) is 5.69 Å². The number of rotatable bonds is 3. The minimum atomic E-state index is 0.00201. The molecule has 19 heavy (non-hydrogen) atoms. The molecule has 2 aromatic rings. The number of carbonyl (C=O) groups excluding carboxylic acids is 1. The molecule has 0 saturated heterocycles. The Morgan fingerprint density at radius 3 is 2.47 bits per heavy atom. The molecule has 0 atom stereocenters. The zero-order valence-corrected chi connectivity index (χ0v) is 12.1. The largest absolute Gasteiger partial charge is 0.336 e. The summed E-state index contributed by atoms with van der Waals surface area (Å²) in [5, 5.41) is 0.680. The molecule has 2 rings (SSSR count).